The lowest BCUT2D eigenvalue weighted by atomic mass is 9.89. The van der Waals surface area contributed by atoms with Gasteiger partial charge in [-0.25, -0.2) is 0 Å². The molecular formula is C15H22O2. The zero-order valence-corrected chi connectivity index (χ0v) is 11.3. The van der Waals surface area contributed by atoms with Crippen molar-refractivity contribution in [3.8, 4) is 0 Å². The second kappa shape index (κ2) is 4.41. The van der Waals surface area contributed by atoms with Crippen LogP contribution in [-0.2, 0) is 9.53 Å². The molecule has 0 radical (unpaired) electrons. The number of epoxide rings is 1. The van der Waals surface area contributed by atoms with Gasteiger partial charge in [-0.2, -0.15) is 0 Å². The van der Waals surface area contributed by atoms with Crippen LogP contribution < -0.4 is 0 Å². The number of fused-ring (bicyclic) bond motifs is 1. The zero-order valence-electron chi connectivity index (χ0n) is 11.3. The van der Waals surface area contributed by atoms with E-state index in [1.807, 2.05) is 13.8 Å². The van der Waals surface area contributed by atoms with Gasteiger partial charge in [-0.15, -0.1) is 0 Å². The lowest BCUT2D eigenvalue weighted by molar-refractivity contribution is -0.115. The summed E-state index contributed by atoms with van der Waals surface area (Å²) < 4.78 is 5.78. The molecule has 94 valence electrons. The number of hydrogen-bond acceptors (Lipinski definition) is 2. The van der Waals surface area contributed by atoms with Crippen LogP contribution in [0.2, 0.25) is 0 Å². The third kappa shape index (κ3) is 2.68. The van der Waals surface area contributed by atoms with E-state index >= 15 is 0 Å². The molecule has 0 saturated carbocycles. The number of Topliss-reactive ketones (excluding diaryl/α,β-unsaturated/α-hetero) is 1. The second-order valence-corrected chi connectivity index (χ2v) is 5.79. The molecule has 2 aliphatic rings. The third-order valence-electron chi connectivity index (χ3n) is 3.94. The Kier molecular flexibility index (Phi) is 3.26. The van der Waals surface area contributed by atoms with Crippen molar-refractivity contribution in [2.75, 3.05) is 0 Å². The standard InChI is InChI=1S/C15H22O2/c1-10(2)12-9-14-15(4,17-14)7-5-6-11(3)8-13(12)16/h6,14H,5,7-9H2,1-4H3/t14-,15-/m0/s1. The average molecular weight is 234 g/mol. The first-order valence-corrected chi connectivity index (χ1v) is 6.45. The molecule has 2 heteroatoms. The maximum atomic E-state index is 12.2. The topological polar surface area (TPSA) is 29.6 Å². The van der Waals surface area contributed by atoms with Gasteiger partial charge in [0.15, 0.2) is 5.78 Å². The summed E-state index contributed by atoms with van der Waals surface area (Å²) in [5, 5.41) is 0. The highest BCUT2D eigenvalue weighted by atomic mass is 16.6. The molecule has 17 heavy (non-hydrogen) atoms. The number of ketones is 1. The maximum absolute atomic E-state index is 12.2. The van der Waals surface area contributed by atoms with Crippen LogP contribution in [0.5, 0.6) is 0 Å². The van der Waals surface area contributed by atoms with Crippen molar-refractivity contribution in [1.82, 2.24) is 0 Å². The molecule has 0 aromatic rings. The molecular weight excluding hydrogens is 212 g/mol. The van der Waals surface area contributed by atoms with Gasteiger partial charge in [-0.1, -0.05) is 17.2 Å². The molecule has 2 nitrogen and oxygen atoms in total. The SMILES string of the molecule is CC1=CCC[C@]2(C)O[C@H]2CC(=C(C)C)C(=O)C1. The Balaban J connectivity index is 2.25. The average Bonchev–Trinajstić information content (AvgIpc) is 2.84. The first kappa shape index (κ1) is 12.6. The van der Waals surface area contributed by atoms with Crippen LogP contribution in [0.15, 0.2) is 22.8 Å². The van der Waals surface area contributed by atoms with Crippen molar-refractivity contribution >= 4 is 5.78 Å². The van der Waals surface area contributed by atoms with Crippen molar-refractivity contribution < 1.29 is 9.53 Å². The minimum absolute atomic E-state index is 0.00903. The van der Waals surface area contributed by atoms with Crippen LogP contribution in [0.25, 0.3) is 0 Å². The monoisotopic (exact) mass is 234 g/mol. The second-order valence-electron chi connectivity index (χ2n) is 5.79. The van der Waals surface area contributed by atoms with Gasteiger partial charge in [-0.05, 0) is 46.1 Å². The number of carbonyl (C=O) groups is 1. The van der Waals surface area contributed by atoms with E-state index in [1.54, 1.807) is 0 Å². The van der Waals surface area contributed by atoms with Crippen LogP contribution in [-0.4, -0.2) is 17.5 Å². The van der Waals surface area contributed by atoms with E-state index in [0.29, 0.717) is 6.42 Å². The molecule has 1 heterocycles. The van der Waals surface area contributed by atoms with Crippen LogP contribution in [0.4, 0.5) is 0 Å². The summed E-state index contributed by atoms with van der Waals surface area (Å²) in [4.78, 5) is 12.2. The van der Waals surface area contributed by atoms with Crippen molar-refractivity contribution in [1.29, 1.82) is 0 Å². The Labute approximate surface area is 104 Å². The molecule has 0 spiro atoms. The smallest absolute Gasteiger partial charge is 0.162 e. The van der Waals surface area contributed by atoms with Gasteiger partial charge < -0.3 is 4.74 Å². The number of allylic oxidation sites excluding steroid dienone is 3. The Morgan fingerprint density at radius 2 is 2.18 bits per heavy atom. The van der Waals surface area contributed by atoms with Crippen molar-refractivity contribution in [2.24, 2.45) is 0 Å². The molecule has 1 fully saturated rings. The van der Waals surface area contributed by atoms with E-state index in [2.05, 4.69) is 19.9 Å². The molecule has 0 amide bonds. The van der Waals surface area contributed by atoms with Crippen LogP contribution in [0, 0.1) is 0 Å². The molecule has 0 unspecified atom stereocenters. The fourth-order valence-corrected chi connectivity index (χ4v) is 2.59. The Bertz CT molecular complexity index is 399. The summed E-state index contributed by atoms with van der Waals surface area (Å²) in [7, 11) is 0. The van der Waals surface area contributed by atoms with Crippen LogP contribution >= 0.6 is 0 Å². The van der Waals surface area contributed by atoms with Gasteiger partial charge in [0, 0.05) is 12.8 Å². The molecule has 0 aromatic heterocycles. The van der Waals surface area contributed by atoms with E-state index in [1.165, 1.54) is 5.57 Å². The van der Waals surface area contributed by atoms with Gasteiger partial charge in [0.05, 0.1) is 11.7 Å². The number of hydrogen-bond donors (Lipinski definition) is 0. The Morgan fingerprint density at radius 3 is 2.82 bits per heavy atom. The number of ether oxygens (including phenoxy) is 1. The van der Waals surface area contributed by atoms with Gasteiger partial charge in [0.2, 0.25) is 0 Å². The van der Waals surface area contributed by atoms with Gasteiger partial charge in [0.25, 0.3) is 0 Å². The highest BCUT2D eigenvalue weighted by molar-refractivity contribution is 5.97. The molecule has 0 N–H and O–H groups in total. The molecule has 1 aliphatic carbocycles. The normalized spacial score (nSPS) is 33.9. The maximum Gasteiger partial charge on any atom is 0.162 e. The van der Waals surface area contributed by atoms with Crippen molar-refractivity contribution in [3.05, 3.63) is 22.8 Å². The largest absolute Gasteiger partial charge is 0.366 e. The lowest BCUT2D eigenvalue weighted by Gasteiger charge is -2.12. The fraction of sp³-hybridized carbons (Fsp3) is 0.667. The van der Waals surface area contributed by atoms with Crippen LogP contribution in [0.3, 0.4) is 0 Å². The number of rotatable bonds is 0. The zero-order chi connectivity index (χ0) is 12.6. The van der Waals surface area contributed by atoms with E-state index < -0.39 is 0 Å². The fourth-order valence-electron chi connectivity index (χ4n) is 2.59. The Hall–Kier alpha value is -0.890. The summed E-state index contributed by atoms with van der Waals surface area (Å²) in [5.74, 6) is 0.276. The van der Waals surface area contributed by atoms with Crippen molar-refractivity contribution in [3.63, 3.8) is 0 Å². The first-order chi connectivity index (χ1) is 7.92. The first-order valence-electron chi connectivity index (χ1n) is 6.45. The molecule has 1 aliphatic heterocycles. The quantitative estimate of drug-likeness (QED) is 0.364. The van der Waals surface area contributed by atoms with E-state index in [9.17, 15) is 4.79 Å². The van der Waals surface area contributed by atoms with Crippen molar-refractivity contribution in [2.45, 2.75) is 65.1 Å². The molecule has 2 atom stereocenters. The van der Waals surface area contributed by atoms with Gasteiger partial charge in [-0.3, -0.25) is 4.79 Å². The lowest BCUT2D eigenvalue weighted by Crippen LogP contribution is -2.15. The Morgan fingerprint density at radius 1 is 1.47 bits per heavy atom. The summed E-state index contributed by atoms with van der Waals surface area (Å²) in [6, 6.07) is 0. The van der Waals surface area contributed by atoms with Gasteiger partial charge in [0.1, 0.15) is 0 Å². The van der Waals surface area contributed by atoms with E-state index in [0.717, 1.165) is 30.4 Å². The minimum Gasteiger partial charge on any atom is -0.366 e. The predicted molar refractivity (Wildman–Crippen MR) is 68.9 cm³/mol. The minimum atomic E-state index is 0.00903. The highest BCUT2D eigenvalue weighted by Crippen LogP contribution is 2.45. The summed E-state index contributed by atoms with van der Waals surface area (Å²) >= 11 is 0. The van der Waals surface area contributed by atoms with Gasteiger partial charge >= 0.3 is 0 Å². The molecule has 0 bridgehead atoms. The van der Waals surface area contributed by atoms with E-state index in [-0.39, 0.29) is 17.5 Å². The predicted octanol–water partition coefficient (Wildman–Crippen LogP) is 3.57. The molecule has 0 aromatic carbocycles. The molecule has 1 saturated heterocycles. The number of carbonyl (C=O) groups excluding carboxylic acids is 1. The summed E-state index contributed by atoms with van der Waals surface area (Å²) in [5.41, 5.74) is 3.32. The van der Waals surface area contributed by atoms with E-state index in [4.69, 9.17) is 4.74 Å². The van der Waals surface area contributed by atoms with Crippen LogP contribution in [0.1, 0.15) is 53.4 Å². The molecule has 2 rings (SSSR count). The third-order valence-corrected chi connectivity index (χ3v) is 3.94. The summed E-state index contributed by atoms with van der Waals surface area (Å²) in [6.45, 7) is 8.26. The summed E-state index contributed by atoms with van der Waals surface area (Å²) in [6.07, 6.45) is 5.91. The highest BCUT2D eigenvalue weighted by Gasteiger charge is 2.51.